The normalized spacial score (nSPS) is 15.5. The molecule has 1 aliphatic heterocycles. The molecule has 0 atom stereocenters. The molecule has 0 radical (unpaired) electrons. The lowest BCUT2D eigenvalue weighted by molar-refractivity contribution is 0.191. The average molecular weight is 314 g/mol. The lowest BCUT2D eigenvalue weighted by atomic mass is 10.0. The predicted octanol–water partition coefficient (Wildman–Crippen LogP) is 2.05. The molecule has 2 aromatic carbocycles. The number of phenols is 2. The van der Waals surface area contributed by atoms with Gasteiger partial charge in [0.15, 0.2) is 11.5 Å². The molecule has 3 rings (SSSR count). The first-order chi connectivity index (χ1) is 11.3. The summed E-state index contributed by atoms with van der Waals surface area (Å²) in [7, 11) is 0. The third kappa shape index (κ3) is 3.75. The molecule has 1 saturated heterocycles. The minimum absolute atomic E-state index is 0.140. The van der Waals surface area contributed by atoms with Gasteiger partial charge in [0, 0.05) is 32.7 Å². The molecule has 23 heavy (non-hydrogen) atoms. The molecule has 0 unspecified atom stereocenters. The highest BCUT2D eigenvalue weighted by Crippen LogP contribution is 2.43. The maximum absolute atomic E-state index is 10.2. The van der Waals surface area contributed by atoms with E-state index in [-0.39, 0.29) is 11.5 Å². The fraction of sp³-hybridized carbons (Fsp3) is 0.333. The molecule has 5 heteroatoms. The lowest BCUT2D eigenvalue weighted by Gasteiger charge is -2.27. The number of hydrogen-bond acceptors (Lipinski definition) is 5. The van der Waals surface area contributed by atoms with Gasteiger partial charge in [-0.2, -0.15) is 0 Å². The Balaban J connectivity index is 1.75. The second-order valence-electron chi connectivity index (χ2n) is 5.61. The van der Waals surface area contributed by atoms with Crippen LogP contribution in [0.25, 0.3) is 11.1 Å². The van der Waals surface area contributed by atoms with E-state index in [1.165, 1.54) is 6.07 Å². The second kappa shape index (κ2) is 7.35. The van der Waals surface area contributed by atoms with E-state index in [2.05, 4.69) is 10.2 Å². The van der Waals surface area contributed by atoms with Crippen LogP contribution in [0.3, 0.4) is 0 Å². The summed E-state index contributed by atoms with van der Waals surface area (Å²) in [6.45, 7) is 5.46. The monoisotopic (exact) mass is 314 g/mol. The van der Waals surface area contributed by atoms with Crippen molar-refractivity contribution in [1.82, 2.24) is 10.2 Å². The van der Waals surface area contributed by atoms with Gasteiger partial charge < -0.3 is 20.3 Å². The van der Waals surface area contributed by atoms with Crippen molar-refractivity contribution in [2.24, 2.45) is 0 Å². The molecule has 0 amide bonds. The zero-order valence-corrected chi connectivity index (χ0v) is 13.0. The molecular formula is C18H22N2O3. The Kier molecular flexibility index (Phi) is 5.00. The Labute approximate surface area is 136 Å². The van der Waals surface area contributed by atoms with Crippen molar-refractivity contribution in [2.75, 3.05) is 39.3 Å². The van der Waals surface area contributed by atoms with Gasteiger partial charge in [0.1, 0.15) is 12.4 Å². The van der Waals surface area contributed by atoms with Crippen LogP contribution in [0.2, 0.25) is 0 Å². The standard InChI is InChI=1S/C18H22N2O3/c21-15-6-7-16(23-13-12-20-10-8-19-9-11-20)17(18(15)22)14-4-2-1-3-5-14/h1-7,19,21-22H,8-13H2. The van der Waals surface area contributed by atoms with E-state index in [4.69, 9.17) is 4.74 Å². The van der Waals surface area contributed by atoms with Gasteiger partial charge in [-0.25, -0.2) is 0 Å². The molecule has 1 heterocycles. The predicted molar refractivity (Wildman–Crippen MR) is 90.0 cm³/mol. The molecule has 3 N–H and O–H groups in total. The number of rotatable bonds is 5. The van der Waals surface area contributed by atoms with E-state index < -0.39 is 0 Å². The zero-order chi connectivity index (χ0) is 16.1. The average Bonchev–Trinajstić information content (AvgIpc) is 2.60. The topological polar surface area (TPSA) is 65.0 Å². The first kappa shape index (κ1) is 15.6. The van der Waals surface area contributed by atoms with Gasteiger partial charge in [-0.15, -0.1) is 0 Å². The summed E-state index contributed by atoms with van der Waals surface area (Å²) in [5.41, 5.74) is 1.35. The van der Waals surface area contributed by atoms with E-state index in [0.29, 0.717) is 17.9 Å². The van der Waals surface area contributed by atoms with Gasteiger partial charge in [-0.05, 0) is 17.7 Å². The maximum Gasteiger partial charge on any atom is 0.169 e. The van der Waals surface area contributed by atoms with Crippen LogP contribution >= 0.6 is 0 Å². The number of piperazine rings is 1. The Morgan fingerprint density at radius 3 is 2.48 bits per heavy atom. The molecule has 5 nitrogen and oxygen atoms in total. The van der Waals surface area contributed by atoms with Gasteiger partial charge in [-0.1, -0.05) is 30.3 Å². The quantitative estimate of drug-likeness (QED) is 0.737. The third-order valence-corrected chi connectivity index (χ3v) is 4.06. The number of ether oxygens (including phenoxy) is 1. The van der Waals surface area contributed by atoms with E-state index in [0.717, 1.165) is 38.3 Å². The summed E-state index contributed by atoms with van der Waals surface area (Å²) < 4.78 is 5.90. The van der Waals surface area contributed by atoms with E-state index >= 15 is 0 Å². The largest absolute Gasteiger partial charge is 0.504 e. The van der Waals surface area contributed by atoms with Crippen molar-refractivity contribution < 1.29 is 14.9 Å². The summed E-state index contributed by atoms with van der Waals surface area (Å²) >= 11 is 0. The van der Waals surface area contributed by atoms with Gasteiger partial charge in [0.25, 0.3) is 0 Å². The van der Waals surface area contributed by atoms with Crippen LogP contribution in [0.4, 0.5) is 0 Å². The van der Waals surface area contributed by atoms with Crippen LogP contribution in [0.5, 0.6) is 17.2 Å². The van der Waals surface area contributed by atoms with Gasteiger partial charge >= 0.3 is 0 Å². The number of nitrogens with one attached hydrogen (secondary N) is 1. The number of nitrogens with zero attached hydrogens (tertiary/aromatic N) is 1. The van der Waals surface area contributed by atoms with E-state index in [1.807, 2.05) is 30.3 Å². The van der Waals surface area contributed by atoms with E-state index in [1.54, 1.807) is 6.07 Å². The van der Waals surface area contributed by atoms with Crippen molar-refractivity contribution in [3.8, 4) is 28.4 Å². The van der Waals surface area contributed by atoms with Crippen LogP contribution in [-0.2, 0) is 0 Å². The second-order valence-corrected chi connectivity index (χ2v) is 5.61. The molecular weight excluding hydrogens is 292 g/mol. The van der Waals surface area contributed by atoms with Crippen LogP contribution in [0, 0.1) is 0 Å². The molecule has 1 aliphatic rings. The Morgan fingerprint density at radius 1 is 1.00 bits per heavy atom. The van der Waals surface area contributed by atoms with Crippen LogP contribution in [0.1, 0.15) is 0 Å². The first-order valence-corrected chi connectivity index (χ1v) is 7.92. The van der Waals surface area contributed by atoms with Gasteiger partial charge in [0.05, 0.1) is 5.56 Å². The molecule has 0 aliphatic carbocycles. The fourth-order valence-corrected chi connectivity index (χ4v) is 2.79. The minimum Gasteiger partial charge on any atom is -0.504 e. The smallest absolute Gasteiger partial charge is 0.169 e. The highest BCUT2D eigenvalue weighted by atomic mass is 16.5. The Morgan fingerprint density at radius 2 is 1.74 bits per heavy atom. The Hall–Kier alpha value is -2.24. The summed E-state index contributed by atoms with van der Waals surface area (Å²) in [6.07, 6.45) is 0. The molecule has 0 aromatic heterocycles. The van der Waals surface area contributed by atoms with Crippen molar-refractivity contribution in [3.05, 3.63) is 42.5 Å². The van der Waals surface area contributed by atoms with E-state index in [9.17, 15) is 10.2 Å². The van der Waals surface area contributed by atoms with Gasteiger partial charge in [-0.3, -0.25) is 4.90 Å². The number of hydrogen-bond donors (Lipinski definition) is 3. The van der Waals surface area contributed by atoms with Crippen LogP contribution in [-0.4, -0.2) is 54.4 Å². The summed E-state index contributed by atoms with van der Waals surface area (Å²) in [6, 6.07) is 12.6. The molecule has 0 saturated carbocycles. The summed E-state index contributed by atoms with van der Waals surface area (Å²) in [4.78, 5) is 2.35. The molecule has 0 spiro atoms. The van der Waals surface area contributed by atoms with Crippen molar-refractivity contribution in [1.29, 1.82) is 0 Å². The van der Waals surface area contributed by atoms with Gasteiger partial charge in [0.2, 0.25) is 0 Å². The molecule has 0 bridgehead atoms. The van der Waals surface area contributed by atoms with Crippen LogP contribution < -0.4 is 10.1 Å². The summed E-state index contributed by atoms with van der Waals surface area (Å²) in [5.74, 6) is 0.302. The van der Waals surface area contributed by atoms with Crippen LogP contribution in [0.15, 0.2) is 42.5 Å². The highest BCUT2D eigenvalue weighted by Gasteiger charge is 2.16. The first-order valence-electron chi connectivity index (χ1n) is 7.92. The van der Waals surface area contributed by atoms with Crippen molar-refractivity contribution in [3.63, 3.8) is 0 Å². The SMILES string of the molecule is Oc1ccc(OCCN2CCNCC2)c(-c2ccccc2)c1O. The highest BCUT2D eigenvalue weighted by molar-refractivity contribution is 5.79. The third-order valence-electron chi connectivity index (χ3n) is 4.06. The number of benzene rings is 2. The summed E-state index contributed by atoms with van der Waals surface area (Å²) in [5, 5.41) is 23.3. The molecule has 1 fully saturated rings. The number of aromatic hydroxyl groups is 2. The fourth-order valence-electron chi connectivity index (χ4n) is 2.79. The van der Waals surface area contributed by atoms with Crippen molar-refractivity contribution in [2.45, 2.75) is 0 Å². The minimum atomic E-state index is -0.143. The molecule has 122 valence electrons. The van der Waals surface area contributed by atoms with Crippen molar-refractivity contribution >= 4 is 0 Å². The molecule has 2 aromatic rings. The lowest BCUT2D eigenvalue weighted by Crippen LogP contribution is -2.44. The number of phenolic OH excluding ortho intramolecular Hbond substituents is 2. The Bertz CT molecular complexity index is 640. The maximum atomic E-state index is 10.2. The zero-order valence-electron chi connectivity index (χ0n) is 13.0.